The summed E-state index contributed by atoms with van der Waals surface area (Å²) in [6.45, 7) is 2.38. The summed E-state index contributed by atoms with van der Waals surface area (Å²) in [7, 11) is 0. The van der Waals surface area contributed by atoms with Crippen LogP contribution in [0.1, 0.15) is 25.5 Å². The molecular formula is C23H22F3N5O6S. The highest BCUT2D eigenvalue weighted by Crippen LogP contribution is 2.24. The third-order valence-corrected chi connectivity index (χ3v) is 6.16. The second kappa shape index (κ2) is 11.9. The van der Waals surface area contributed by atoms with E-state index in [1.807, 2.05) is 0 Å². The van der Waals surface area contributed by atoms with Crippen LogP contribution in [-0.4, -0.2) is 56.0 Å². The van der Waals surface area contributed by atoms with Gasteiger partial charge in [0.2, 0.25) is 11.8 Å². The first-order valence-corrected chi connectivity index (χ1v) is 12.0. The summed E-state index contributed by atoms with van der Waals surface area (Å²) in [5.74, 6) is -2.59. The van der Waals surface area contributed by atoms with Crippen LogP contribution >= 0.6 is 11.8 Å². The van der Waals surface area contributed by atoms with E-state index in [0.717, 1.165) is 28.6 Å². The van der Waals surface area contributed by atoms with E-state index in [0.29, 0.717) is 10.5 Å². The molecule has 0 aliphatic carbocycles. The molecule has 0 bridgehead atoms. The number of benzene rings is 2. The van der Waals surface area contributed by atoms with Crippen LogP contribution in [0.25, 0.3) is 10.9 Å². The number of fused-ring (bicyclic) bond motifs is 1. The minimum Gasteiger partial charge on any atom is -0.480 e. The van der Waals surface area contributed by atoms with Gasteiger partial charge >= 0.3 is 12.3 Å². The molecule has 1 heterocycles. The lowest BCUT2D eigenvalue weighted by molar-refractivity contribution is -0.274. The van der Waals surface area contributed by atoms with Gasteiger partial charge in [-0.1, -0.05) is 17.3 Å². The van der Waals surface area contributed by atoms with Gasteiger partial charge in [0.15, 0.2) is 0 Å². The Bertz CT molecular complexity index is 1400. The Morgan fingerprint density at radius 2 is 1.82 bits per heavy atom. The second-order valence-corrected chi connectivity index (χ2v) is 9.13. The predicted octanol–water partition coefficient (Wildman–Crippen LogP) is 2.25. The number of nitrogens with one attached hydrogen (secondary N) is 2. The fourth-order valence-electron chi connectivity index (χ4n) is 3.31. The van der Waals surface area contributed by atoms with Gasteiger partial charge in [-0.3, -0.25) is 14.4 Å². The minimum absolute atomic E-state index is 0.0430. The standard InChI is InChI=1S/C23H22F3N5O6S/c1-12(14-3-5-15(6-4-14)37-23(24,25)26)27-20(33)10-31-21(34)17-8-7-16(9-18(17)29-30-31)38-11-19(22(35)36)28-13(2)32/h3-9,12,19H,10-11H2,1-2H3,(H,27,33)(H,28,32)(H,35,36)/t12-,19-/m0/s1. The van der Waals surface area contributed by atoms with E-state index in [1.54, 1.807) is 19.1 Å². The van der Waals surface area contributed by atoms with Crippen molar-refractivity contribution in [3.63, 3.8) is 0 Å². The van der Waals surface area contributed by atoms with Crippen molar-refractivity contribution in [3.8, 4) is 5.75 Å². The number of carboxylic acid groups (broad SMARTS) is 1. The monoisotopic (exact) mass is 553 g/mol. The largest absolute Gasteiger partial charge is 0.573 e. The zero-order chi connectivity index (χ0) is 28.0. The molecule has 0 saturated heterocycles. The van der Waals surface area contributed by atoms with Crippen molar-refractivity contribution in [1.82, 2.24) is 25.6 Å². The first-order valence-electron chi connectivity index (χ1n) is 11.0. The number of aliphatic carboxylic acids is 1. The summed E-state index contributed by atoms with van der Waals surface area (Å²) in [5.41, 5.74) is 0.167. The van der Waals surface area contributed by atoms with Gasteiger partial charge in [0.1, 0.15) is 23.9 Å². The van der Waals surface area contributed by atoms with Crippen LogP contribution in [0.15, 0.2) is 52.2 Å². The Morgan fingerprint density at radius 1 is 1.13 bits per heavy atom. The molecule has 0 radical (unpaired) electrons. The summed E-state index contributed by atoms with van der Waals surface area (Å²) in [6.07, 6.45) is -4.81. The molecule has 3 rings (SSSR count). The molecule has 15 heteroatoms. The first-order chi connectivity index (χ1) is 17.8. The molecule has 1 aromatic heterocycles. The maximum Gasteiger partial charge on any atom is 0.573 e. The van der Waals surface area contributed by atoms with Crippen molar-refractivity contribution >= 4 is 40.4 Å². The number of carboxylic acids is 1. The third-order valence-electron chi connectivity index (χ3n) is 5.07. The van der Waals surface area contributed by atoms with E-state index in [4.69, 9.17) is 0 Å². The molecular weight excluding hydrogens is 531 g/mol. The van der Waals surface area contributed by atoms with Crippen LogP contribution in [0.2, 0.25) is 0 Å². The van der Waals surface area contributed by atoms with Crippen molar-refractivity contribution in [3.05, 3.63) is 58.4 Å². The number of thioether (sulfide) groups is 1. The minimum atomic E-state index is -4.81. The molecule has 0 saturated carbocycles. The van der Waals surface area contributed by atoms with Gasteiger partial charge in [0.05, 0.1) is 11.4 Å². The Kier molecular flexibility index (Phi) is 8.93. The third kappa shape index (κ3) is 7.93. The Morgan fingerprint density at radius 3 is 2.42 bits per heavy atom. The number of ether oxygens (including phenoxy) is 1. The topological polar surface area (TPSA) is 153 Å². The second-order valence-electron chi connectivity index (χ2n) is 8.04. The van der Waals surface area contributed by atoms with E-state index < -0.39 is 54.1 Å². The van der Waals surface area contributed by atoms with Crippen molar-refractivity contribution in [2.24, 2.45) is 0 Å². The van der Waals surface area contributed by atoms with Crippen LogP contribution in [0.4, 0.5) is 13.2 Å². The molecule has 38 heavy (non-hydrogen) atoms. The lowest BCUT2D eigenvalue weighted by Crippen LogP contribution is -2.41. The lowest BCUT2D eigenvalue weighted by Gasteiger charge is -2.15. The highest BCUT2D eigenvalue weighted by atomic mass is 32.2. The van der Waals surface area contributed by atoms with Crippen molar-refractivity contribution in [2.75, 3.05) is 5.75 Å². The van der Waals surface area contributed by atoms with Gasteiger partial charge in [-0.2, -0.15) is 0 Å². The summed E-state index contributed by atoms with van der Waals surface area (Å²) >= 11 is 1.14. The molecule has 0 unspecified atom stereocenters. The summed E-state index contributed by atoms with van der Waals surface area (Å²) in [6, 6.07) is 7.91. The van der Waals surface area contributed by atoms with Crippen LogP contribution < -0.4 is 20.9 Å². The fraction of sp³-hybridized carbons (Fsp3) is 0.304. The van der Waals surface area contributed by atoms with Crippen molar-refractivity contribution in [1.29, 1.82) is 0 Å². The van der Waals surface area contributed by atoms with Gasteiger partial charge in [0, 0.05) is 17.6 Å². The SMILES string of the molecule is CC(=O)N[C@@H](CSc1ccc2c(=O)n(CC(=O)N[C@@H](C)c3ccc(OC(F)(F)F)cc3)nnc2c1)C(=O)O. The summed E-state index contributed by atoms with van der Waals surface area (Å²) in [4.78, 5) is 48.3. The molecule has 0 aliphatic heterocycles. The van der Waals surface area contributed by atoms with E-state index >= 15 is 0 Å². The number of halogens is 3. The number of amides is 2. The Labute approximate surface area is 217 Å². The quantitative estimate of drug-likeness (QED) is 0.321. The number of carbonyl (C=O) groups is 3. The molecule has 3 aromatic rings. The zero-order valence-corrected chi connectivity index (χ0v) is 20.8. The predicted molar refractivity (Wildman–Crippen MR) is 129 cm³/mol. The molecule has 202 valence electrons. The average molecular weight is 554 g/mol. The summed E-state index contributed by atoms with van der Waals surface area (Å²) in [5, 5.41) is 22.1. The highest BCUT2D eigenvalue weighted by Gasteiger charge is 2.31. The van der Waals surface area contributed by atoms with Gasteiger partial charge in [-0.15, -0.1) is 30.0 Å². The van der Waals surface area contributed by atoms with Crippen molar-refractivity contribution < 1.29 is 37.4 Å². The Balaban J connectivity index is 1.64. The molecule has 0 spiro atoms. The number of nitrogens with zero attached hydrogens (tertiary/aromatic N) is 3. The van der Waals surface area contributed by atoms with Crippen LogP contribution in [0, 0.1) is 0 Å². The fourth-order valence-corrected chi connectivity index (χ4v) is 4.26. The van der Waals surface area contributed by atoms with Gasteiger partial charge in [-0.25, -0.2) is 9.48 Å². The van der Waals surface area contributed by atoms with Crippen LogP contribution in [0.5, 0.6) is 5.75 Å². The Hall–Kier alpha value is -4.14. The van der Waals surface area contributed by atoms with Crippen LogP contribution in [0.3, 0.4) is 0 Å². The number of rotatable bonds is 10. The lowest BCUT2D eigenvalue weighted by atomic mass is 10.1. The number of hydrogen-bond acceptors (Lipinski definition) is 8. The number of alkyl halides is 3. The zero-order valence-electron chi connectivity index (χ0n) is 20.0. The first kappa shape index (κ1) is 28.4. The molecule has 3 N–H and O–H groups in total. The molecule has 2 atom stereocenters. The number of hydrogen-bond donors (Lipinski definition) is 3. The van der Waals surface area contributed by atoms with E-state index in [1.165, 1.54) is 25.1 Å². The van der Waals surface area contributed by atoms with E-state index in [9.17, 15) is 37.5 Å². The van der Waals surface area contributed by atoms with Crippen LogP contribution in [-0.2, 0) is 20.9 Å². The van der Waals surface area contributed by atoms with Crippen molar-refractivity contribution in [2.45, 2.75) is 43.7 Å². The summed E-state index contributed by atoms with van der Waals surface area (Å²) < 4.78 is 41.6. The molecule has 2 aromatic carbocycles. The van der Waals surface area contributed by atoms with Gasteiger partial charge < -0.3 is 20.5 Å². The van der Waals surface area contributed by atoms with Gasteiger partial charge in [-0.05, 0) is 42.8 Å². The highest BCUT2D eigenvalue weighted by molar-refractivity contribution is 7.99. The average Bonchev–Trinajstić information content (AvgIpc) is 2.82. The van der Waals surface area contributed by atoms with E-state index in [-0.39, 0.29) is 16.7 Å². The molecule has 0 aliphatic rings. The number of carbonyl (C=O) groups excluding carboxylic acids is 2. The maximum absolute atomic E-state index is 12.8. The molecule has 2 amide bonds. The number of aromatic nitrogens is 3. The molecule has 11 nitrogen and oxygen atoms in total. The normalized spacial score (nSPS) is 13.0. The van der Waals surface area contributed by atoms with Gasteiger partial charge in [0.25, 0.3) is 5.56 Å². The van der Waals surface area contributed by atoms with E-state index in [2.05, 4.69) is 25.7 Å². The molecule has 0 fully saturated rings. The smallest absolute Gasteiger partial charge is 0.480 e. The maximum atomic E-state index is 12.8.